The summed E-state index contributed by atoms with van der Waals surface area (Å²) in [5.41, 5.74) is 1.92. The van der Waals surface area contributed by atoms with Crippen molar-refractivity contribution in [3.8, 4) is 28.6 Å². The number of aromatic nitrogens is 2. The number of fused-ring (bicyclic) bond motifs is 1. The molecule has 0 amide bonds. The van der Waals surface area contributed by atoms with Gasteiger partial charge in [0, 0.05) is 35.5 Å². The van der Waals surface area contributed by atoms with Gasteiger partial charge in [0.1, 0.15) is 28.5 Å². The van der Waals surface area contributed by atoms with Crippen molar-refractivity contribution in [2.45, 2.75) is 18.9 Å². The van der Waals surface area contributed by atoms with E-state index in [-0.39, 0.29) is 5.56 Å². The van der Waals surface area contributed by atoms with E-state index >= 15 is 0 Å². The smallest absolute Gasteiger partial charge is 0.262 e. The number of H-pyrrole nitrogens is 1. The Labute approximate surface area is 174 Å². The topological polar surface area (TPSA) is 97.5 Å². The third kappa shape index (κ3) is 3.91. The lowest BCUT2D eigenvalue weighted by molar-refractivity contribution is 0.397. The van der Waals surface area contributed by atoms with Crippen molar-refractivity contribution >= 4 is 16.6 Å². The molecule has 30 heavy (non-hydrogen) atoms. The van der Waals surface area contributed by atoms with Crippen LogP contribution in [0.3, 0.4) is 0 Å². The van der Waals surface area contributed by atoms with Crippen LogP contribution in [-0.2, 0) is 0 Å². The SMILES string of the molecule is COc1ccc(-c2nc3cc(OC)cc(OC)c3c(=O)[nH]2)c(NC2CCNCC2)c1. The number of piperidine rings is 1. The third-order valence-corrected chi connectivity index (χ3v) is 5.38. The van der Waals surface area contributed by atoms with Crippen molar-refractivity contribution < 1.29 is 14.2 Å². The summed E-state index contributed by atoms with van der Waals surface area (Å²) in [7, 11) is 4.73. The Morgan fingerprint density at radius 1 is 1.00 bits per heavy atom. The van der Waals surface area contributed by atoms with E-state index in [4.69, 9.17) is 19.2 Å². The molecule has 1 fully saturated rings. The quantitative estimate of drug-likeness (QED) is 0.575. The summed E-state index contributed by atoms with van der Waals surface area (Å²) >= 11 is 0. The van der Waals surface area contributed by atoms with Crippen LogP contribution in [0.15, 0.2) is 35.1 Å². The van der Waals surface area contributed by atoms with Gasteiger partial charge in [-0.1, -0.05) is 0 Å². The number of benzene rings is 2. The van der Waals surface area contributed by atoms with Crippen LogP contribution >= 0.6 is 0 Å². The largest absolute Gasteiger partial charge is 0.497 e. The lowest BCUT2D eigenvalue weighted by Gasteiger charge is -2.26. The second kappa shape index (κ2) is 8.62. The molecule has 0 unspecified atom stereocenters. The fraction of sp³-hybridized carbons (Fsp3) is 0.364. The molecular weight excluding hydrogens is 384 g/mol. The van der Waals surface area contributed by atoms with Gasteiger partial charge in [-0.3, -0.25) is 4.79 Å². The molecule has 3 aromatic rings. The van der Waals surface area contributed by atoms with Crippen molar-refractivity contribution in [2.24, 2.45) is 0 Å². The molecule has 1 aliphatic heterocycles. The van der Waals surface area contributed by atoms with E-state index in [1.165, 1.54) is 7.11 Å². The average molecular weight is 410 g/mol. The van der Waals surface area contributed by atoms with Crippen LogP contribution in [0.4, 0.5) is 5.69 Å². The molecule has 1 aliphatic rings. The normalized spacial score (nSPS) is 14.5. The second-order valence-corrected chi connectivity index (χ2v) is 7.22. The zero-order chi connectivity index (χ0) is 21.1. The minimum absolute atomic E-state index is 0.266. The summed E-state index contributed by atoms with van der Waals surface area (Å²) in [6.45, 7) is 1.95. The number of ether oxygens (including phenoxy) is 3. The Hall–Kier alpha value is -3.26. The molecule has 1 aromatic heterocycles. The zero-order valence-electron chi connectivity index (χ0n) is 17.4. The number of hydrogen-bond donors (Lipinski definition) is 3. The minimum Gasteiger partial charge on any atom is -0.497 e. The second-order valence-electron chi connectivity index (χ2n) is 7.22. The number of hydrogen-bond acceptors (Lipinski definition) is 7. The number of aromatic amines is 1. The van der Waals surface area contributed by atoms with Crippen LogP contribution in [0.25, 0.3) is 22.3 Å². The van der Waals surface area contributed by atoms with Crippen molar-refractivity contribution in [2.75, 3.05) is 39.7 Å². The maximum Gasteiger partial charge on any atom is 0.262 e. The fourth-order valence-corrected chi connectivity index (χ4v) is 3.78. The van der Waals surface area contributed by atoms with E-state index in [0.717, 1.165) is 42.9 Å². The van der Waals surface area contributed by atoms with Gasteiger partial charge in [0.25, 0.3) is 5.56 Å². The maximum absolute atomic E-state index is 12.9. The molecule has 2 heterocycles. The Bertz CT molecular complexity index is 1110. The number of nitrogens with one attached hydrogen (secondary N) is 3. The van der Waals surface area contributed by atoms with E-state index in [1.54, 1.807) is 26.4 Å². The zero-order valence-corrected chi connectivity index (χ0v) is 17.4. The lowest BCUT2D eigenvalue weighted by Crippen LogP contribution is -2.35. The average Bonchev–Trinajstić information content (AvgIpc) is 2.78. The number of nitrogens with zero attached hydrogens (tertiary/aromatic N) is 1. The van der Waals surface area contributed by atoms with Gasteiger partial charge in [0.15, 0.2) is 0 Å². The van der Waals surface area contributed by atoms with Gasteiger partial charge in [-0.05, 0) is 38.1 Å². The van der Waals surface area contributed by atoms with E-state index < -0.39 is 0 Å². The standard InChI is InChI=1S/C22H26N4O4/c1-28-14-4-5-16(17(10-14)24-13-6-8-23-9-7-13)21-25-18-11-15(29-2)12-19(30-3)20(18)22(27)26-21/h4-5,10-13,23-24H,6-9H2,1-3H3,(H,25,26,27). The van der Waals surface area contributed by atoms with Crippen LogP contribution < -0.4 is 30.4 Å². The highest BCUT2D eigenvalue weighted by atomic mass is 16.5. The summed E-state index contributed by atoms with van der Waals surface area (Å²) in [6.07, 6.45) is 2.04. The summed E-state index contributed by atoms with van der Waals surface area (Å²) in [5.74, 6) is 2.21. The monoisotopic (exact) mass is 410 g/mol. The van der Waals surface area contributed by atoms with Gasteiger partial charge >= 0.3 is 0 Å². The molecule has 0 bridgehead atoms. The molecule has 4 rings (SSSR count). The first-order chi connectivity index (χ1) is 14.6. The number of anilines is 1. The number of rotatable bonds is 6. The molecule has 158 valence electrons. The molecule has 8 nitrogen and oxygen atoms in total. The molecule has 8 heteroatoms. The summed E-state index contributed by atoms with van der Waals surface area (Å²) < 4.78 is 16.1. The van der Waals surface area contributed by atoms with Gasteiger partial charge < -0.3 is 29.8 Å². The Balaban J connectivity index is 1.83. The summed E-state index contributed by atoms with van der Waals surface area (Å²) in [6, 6.07) is 9.46. The molecule has 0 saturated carbocycles. The molecule has 0 aliphatic carbocycles. The minimum atomic E-state index is -0.266. The molecular formula is C22H26N4O4. The van der Waals surface area contributed by atoms with Crippen LogP contribution in [0.1, 0.15) is 12.8 Å². The van der Waals surface area contributed by atoms with Crippen LogP contribution in [0.5, 0.6) is 17.2 Å². The summed E-state index contributed by atoms with van der Waals surface area (Å²) in [4.78, 5) is 20.5. The van der Waals surface area contributed by atoms with Crippen LogP contribution in [0.2, 0.25) is 0 Å². The third-order valence-electron chi connectivity index (χ3n) is 5.38. The van der Waals surface area contributed by atoms with Crippen molar-refractivity contribution in [3.05, 3.63) is 40.7 Å². The fourth-order valence-electron chi connectivity index (χ4n) is 3.78. The van der Waals surface area contributed by atoms with Crippen molar-refractivity contribution in [3.63, 3.8) is 0 Å². The molecule has 0 spiro atoms. The predicted octanol–water partition coefficient (Wildman–Crippen LogP) is 2.78. The lowest BCUT2D eigenvalue weighted by atomic mass is 10.0. The van der Waals surface area contributed by atoms with Gasteiger partial charge in [-0.25, -0.2) is 4.98 Å². The Morgan fingerprint density at radius 2 is 1.77 bits per heavy atom. The highest BCUT2D eigenvalue weighted by Gasteiger charge is 2.18. The molecule has 0 atom stereocenters. The van der Waals surface area contributed by atoms with Gasteiger partial charge in [0.05, 0.1) is 26.8 Å². The Kier molecular flexibility index (Phi) is 5.76. The first-order valence-corrected chi connectivity index (χ1v) is 9.94. The van der Waals surface area contributed by atoms with Crippen LogP contribution in [-0.4, -0.2) is 50.4 Å². The highest BCUT2D eigenvalue weighted by Crippen LogP contribution is 2.33. The van der Waals surface area contributed by atoms with E-state index in [2.05, 4.69) is 15.6 Å². The van der Waals surface area contributed by atoms with Gasteiger partial charge in [0.2, 0.25) is 0 Å². The van der Waals surface area contributed by atoms with E-state index in [1.807, 2.05) is 18.2 Å². The van der Waals surface area contributed by atoms with Gasteiger partial charge in [-0.2, -0.15) is 0 Å². The molecule has 0 radical (unpaired) electrons. The van der Waals surface area contributed by atoms with E-state index in [9.17, 15) is 4.79 Å². The first-order valence-electron chi connectivity index (χ1n) is 9.94. The molecule has 3 N–H and O–H groups in total. The maximum atomic E-state index is 12.9. The van der Waals surface area contributed by atoms with Gasteiger partial charge in [-0.15, -0.1) is 0 Å². The molecule has 1 saturated heterocycles. The number of methoxy groups -OCH3 is 3. The highest BCUT2D eigenvalue weighted by molar-refractivity contribution is 5.88. The first kappa shape index (κ1) is 20.0. The van der Waals surface area contributed by atoms with Crippen molar-refractivity contribution in [1.82, 2.24) is 15.3 Å². The summed E-state index contributed by atoms with van der Waals surface area (Å²) in [5, 5.41) is 7.37. The molecule has 2 aromatic carbocycles. The van der Waals surface area contributed by atoms with Crippen molar-refractivity contribution in [1.29, 1.82) is 0 Å². The predicted molar refractivity (Wildman–Crippen MR) is 117 cm³/mol. The van der Waals surface area contributed by atoms with Crippen LogP contribution in [0, 0.1) is 0 Å². The Morgan fingerprint density at radius 3 is 2.47 bits per heavy atom. The van der Waals surface area contributed by atoms with E-state index in [0.29, 0.717) is 34.3 Å².